The number of esters is 2. The first-order chi connectivity index (χ1) is 21.2. The largest absolute Gasteiger partial charge is 0.393 e. The quantitative estimate of drug-likeness (QED) is 0.0405. The fraction of sp³-hybridized carbons (Fsp3) is 0.950. The predicted octanol–water partition coefficient (Wildman–Crippen LogP) is 14.1. The van der Waals surface area contributed by atoms with Gasteiger partial charge in [-0.2, -0.15) is 0 Å². The maximum absolute atomic E-state index is 11.9. The highest BCUT2D eigenvalue weighted by Gasteiger charge is 2.10. The number of hydrogen-bond donors (Lipinski definition) is 0. The first kappa shape index (κ1) is 42.1. The van der Waals surface area contributed by atoms with Crippen LogP contribution in [0.15, 0.2) is 0 Å². The molecular formula is C40H78O3. The Morgan fingerprint density at radius 2 is 0.442 bits per heavy atom. The van der Waals surface area contributed by atoms with Crippen LogP contribution in [0.4, 0.5) is 0 Å². The summed E-state index contributed by atoms with van der Waals surface area (Å²) in [6.07, 6.45) is 46.1. The van der Waals surface area contributed by atoms with E-state index in [2.05, 4.69) is 13.8 Å². The molecule has 0 radical (unpaired) electrons. The number of carbonyl (C=O) groups is 2. The second kappa shape index (κ2) is 37.3. The highest BCUT2D eigenvalue weighted by molar-refractivity contribution is 5.85. The van der Waals surface area contributed by atoms with Crippen LogP contribution in [0.25, 0.3) is 0 Å². The molecule has 256 valence electrons. The summed E-state index contributed by atoms with van der Waals surface area (Å²) < 4.78 is 5.01. The molecule has 43 heavy (non-hydrogen) atoms. The van der Waals surface area contributed by atoms with Crippen LogP contribution in [0.2, 0.25) is 0 Å². The van der Waals surface area contributed by atoms with Crippen LogP contribution in [0.5, 0.6) is 0 Å². The van der Waals surface area contributed by atoms with Crippen molar-refractivity contribution in [2.45, 2.75) is 245 Å². The van der Waals surface area contributed by atoms with Crippen LogP contribution < -0.4 is 0 Å². The number of rotatable bonds is 36. The normalized spacial score (nSPS) is 11.3. The van der Waals surface area contributed by atoms with Gasteiger partial charge in [-0.15, -0.1) is 0 Å². The maximum Gasteiger partial charge on any atom is 0.313 e. The summed E-state index contributed by atoms with van der Waals surface area (Å²) >= 11 is 0. The minimum Gasteiger partial charge on any atom is -0.393 e. The second-order valence-corrected chi connectivity index (χ2v) is 13.7. The predicted molar refractivity (Wildman–Crippen MR) is 189 cm³/mol. The Morgan fingerprint density at radius 3 is 0.628 bits per heavy atom. The number of unbranched alkanes of at least 4 members (excludes halogenated alkanes) is 32. The molecule has 0 aliphatic heterocycles. The van der Waals surface area contributed by atoms with Gasteiger partial charge in [0.05, 0.1) is 0 Å². The summed E-state index contributed by atoms with van der Waals surface area (Å²) in [6.45, 7) is 4.55. The molecule has 3 heteroatoms. The molecule has 0 aliphatic rings. The average molecular weight is 607 g/mol. The van der Waals surface area contributed by atoms with E-state index >= 15 is 0 Å². The summed E-state index contributed by atoms with van der Waals surface area (Å²) in [4.78, 5) is 23.8. The van der Waals surface area contributed by atoms with Crippen LogP contribution >= 0.6 is 0 Å². The first-order valence-electron chi connectivity index (χ1n) is 19.9. The lowest BCUT2D eigenvalue weighted by atomic mass is 10.0. The van der Waals surface area contributed by atoms with Crippen molar-refractivity contribution in [3.05, 3.63) is 0 Å². The summed E-state index contributed by atoms with van der Waals surface area (Å²) in [6, 6.07) is 0. The van der Waals surface area contributed by atoms with E-state index in [1.54, 1.807) is 0 Å². The summed E-state index contributed by atoms with van der Waals surface area (Å²) in [5.74, 6) is -0.647. The average Bonchev–Trinajstić information content (AvgIpc) is 3.00. The van der Waals surface area contributed by atoms with Gasteiger partial charge in [0.25, 0.3) is 0 Å². The Bertz CT molecular complexity index is 558. The standard InChI is InChI=1S/C40H78O3/c1-3-5-7-9-11-13-15-16-17-18-19-20-21-22-23-24-25-26-28-30-32-34-36-38-40(42)43-39(41)37-35-33-31-29-27-14-12-10-8-6-4-2/h3-38H2,1-2H3. The van der Waals surface area contributed by atoms with Crippen molar-refractivity contribution in [3.63, 3.8) is 0 Å². The summed E-state index contributed by atoms with van der Waals surface area (Å²) in [7, 11) is 0. The third-order valence-electron chi connectivity index (χ3n) is 9.20. The van der Waals surface area contributed by atoms with E-state index in [-0.39, 0.29) is 11.9 Å². The Balaban J connectivity index is 3.23. The zero-order valence-corrected chi connectivity index (χ0v) is 29.7. The lowest BCUT2D eigenvalue weighted by Gasteiger charge is -2.05. The molecule has 0 aromatic rings. The first-order valence-corrected chi connectivity index (χ1v) is 19.9. The zero-order chi connectivity index (χ0) is 31.3. The van der Waals surface area contributed by atoms with E-state index in [1.807, 2.05) is 0 Å². The highest BCUT2D eigenvalue weighted by Crippen LogP contribution is 2.16. The van der Waals surface area contributed by atoms with Crippen LogP contribution in [-0.4, -0.2) is 11.9 Å². The van der Waals surface area contributed by atoms with Gasteiger partial charge in [0.2, 0.25) is 0 Å². The van der Waals surface area contributed by atoms with Crippen molar-refractivity contribution in [2.24, 2.45) is 0 Å². The molecule has 0 unspecified atom stereocenters. The van der Waals surface area contributed by atoms with Gasteiger partial charge in [-0.25, -0.2) is 0 Å². The molecule has 0 saturated heterocycles. The number of ether oxygens (including phenoxy) is 1. The van der Waals surface area contributed by atoms with Crippen molar-refractivity contribution in [1.82, 2.24) is 0 Å². The minimum absolute atomic E-state index is 0.323. The molecule has 0 fully saturated rings. The molecule has 0 atom stereocenters. The molecule has 0 heterocycles. The fourth-order valence-electron chi connectivity index (χ4n) is 6.22. The van der Waals surface area contributed by atoms with Crippen LogP contribution in [0, 0.1) is 0 Å². The summed E-state index contributed by atoms with van der Waals surface area (Å²) in [5.41, 5.74) is 0. The second-order valence-electron chi connectivity index (χ2n) is 13.7. The SMILES string of the molecule is CCCCCCCCCCCCCCCCCCCCCCCCCC(=O)OC(=O)CCCCCCCCCCCCC. The van der Waals surface area contributed by atoms with E-state index in [0.29, 0.717) is 12.8 Å². The van der Waals surface area contributed by atoms with E-state index in [4.69, 9.17) is 4.74 Å². The van der Waals surface area contributed by atoms with Crippen molar-refractivity contribution in [2.75, 3.05) is 0 Å². The van der Waals surface area contributed by atoms with Gasteiger partial charge < -0.3 is 4.74 Å². The van der Waals surface area contributed by atoms with Crippen LogP contribution in [0.1, 0.15) is 245 Å². The van der Waals surface area contributed by atoms with Crippen molar-refractivity contribution >= 4 is 11.9 Å². The van der Waals surface area contributed by atoms with Crippen molar-refractivity contribution in [3.8, 4) is 0 Å². The highest BCUT2D eigenvalue weighted by atomic mass is 16.6. The molecule has 0 saturated carbocycles. The van der Waals surface area contributed by atoms with Gasteiger partial charge in [0.1, 0.15) is 0 Å². The van der Waals surface area contributed by atoms with Crippen LogP contribution in [-0.2, 0) is 14.3 Å². The number of carbonyl (C=O) groups excluding carboxylic acids is 2. The Labute approximate surface area is 270 Å². The van der Waals surface area contributed by atoms with Crippen LogP contribution in [0.3, 0.4) is 0 Å². The lowest BCUT2D eigenvalue weighted by Crippen LogP contribution is -2.11. The van der Waals surface area contributed by atoms with E-state index in [0.717, 1.165) is 25.7 Å². The van der Waals surface area contributed by atoms with Crippen molar-refractivity contribution < 1.29 is 14.3 Å². The van der Waals surface area contributed by atoms with Gasteiger partial charge in [-0.05, 0) is 12.8 Å². The van der Waals surface area contributed by atoms with Crippen molar-refractivity contribution in [1.29, 1.82) is 0 Å². The third kappa shape index (κ3) is 37.2. The van der Waals surface area contributed by atoms with Gasteiger partial charge in [0, 0.05) is 12.8 Å². The number of hydrogen-bond acceptors (Lipinski definition) is 3. The van der Waals surface area contributed by atoms with Gasteiger partial charge in [-0.1, -0.05) is 219 Å². The van der Waals surface area contributed by atoms with E-state index in [1.165, 1.54) is 193 Å². The van der Waals surface area contributed by atoms with Gasteiger partial charge >= 0.3 is 11.9 Å². The van der Waals surface area contributed by atoms with Gasteiger partial charge in [0.15, 0.2) is 0 Å². The smallest absolute Gasteiger partial charge is 0.313 e. The molecule has 0 aliphatic carbocycles. The van der Waals surface area contributed by atoms with Gasteiger partial charge in [-0.3, -0.25) is 9.59 Å². The maximum atomic E-state index is 11.9. The Morgan fingerprint density at radius 1 is 0.279 bits per heavy atom. The minimum atomic E-state index is -0.324. The molecule has 0 aromatic carbocycles. The molecule has 0 aromatic heterocycles. The molecule has 0 amide bonds. The molecule has 0 N–H and O–H groups in total. The molecule has 0 spiro atoms. The monoisotopic (exact) mass is 607 g/mol. The zero-order valence-electron chi connectivity index (χ0n) is 29.7. The van der Waals surface area contributed by atoms with E-state index < -0.39 is 0 Å². The molecule has 0 bridgehead atoms. The molecular weight excluding hydrogens is 528 g/mol. The molecule has 0 rings (SSSR count). The fourth-order valence-corrected chi connectivity index (χ4v) is 6.22. The lowest BCUT2D eigenvalue weighted by molar-refractivity contribution is -0.159. The molecule has 3 nitrogen and oxygen atoms in total. The Hall–Kier alpha value is -0.860. The summed E-state index contributed by atoms with van der Waals surface area (Å²) in [5, 5.41) is 0. The van der Waals surface area contributed by atoms with E-state index in [9.17, 15) is 9.59 Å². The third-order valence-corrected chi connectivity index (χ3v) is 9.20. The Kier molecular flexibility index (Phi) is 36.6. The topological polar surface area (TPSA) is 43.4 Å².